The molecule has 0 spiro atoms. The van der Waals surface area contributed by atoms with E-state index in [0.29, 0.717) is 17.7 Å². The van der Waals surface area contributed by atoms with E-state index in [1.165, 1.54) is 16.5 Å². The summed E-state index contributed by atoms with van der Waals surface area (Å²) in [5.74, 6) is -1.25. The van der Waals surface area contributed by atoms with Gasteiger partial charge in [-0.2, -0.15) is 0 Å². The summed E-state index contributed by atoms with van der Waals surface area (Å²) in [5, 5.41) is 13.1. The van der Waals surface area contributed by atoms with Crippen LogP contribution in [0.2, 0.25) is 5.02 Å². The van der Waals surface area contributed by atoms with E-state index in [0.717, 1.165) is 0 Å². The van der Waals surface area contributed by atoms with Crippen LogP contribution in [0.1, 0.15) is 17.3 Å². The van der Waals surface area contributed by atoms with Crippen molar-refractivity contribution in [2.75, 3.05) is 11.4 Å². The maximum absolute atomic E-state index is 13.0. The molecule has 26 heavy (non-hydrogen) atoms. The molecule has 0 aliphatic heterocycles. The third-order valence-corrected chi connectivity index (χ3v) is 4.48. The normalized spacial score (nSPS) is 10.4. The first-order valence-corrected chi connectivity index (χ1v) is 8.20. The molecule has 7 heteroatoms. The number of carbonyl (C=O) groups is 1. The van der Waals surface area contributed by atoms with E-state index in [2.05, 4.69) is 0 Å². The molecule has 0 unspecified atom stereocenters. The largest absolute Gasteiger partial charge is 1.00 e. The minimum atomic E-state index is -0.636. The van der Waals surface area contributed by atoms with Crippen molar-refractivity contribution in [2.45, 2.75) is 6.92 Å². The van der Waals surface area contributed by atoms with Gasteiger partial charge in [0.05, 0.1) is 21.5 Å². The molecule has 0 aliphatic carbocycles. The van der Waals surface area contributed by atoms with Crippen LogP contribution in [0.25, 0.3) is 10.9 Å². The van der Waals surface area contributed by atoms with Gasteiger partial charge in [0.15, 0.2) is 0 Å². The van der Waals surface area contributed by atoms with Crippen LogP contribution in [0, 0.1) is 0 Å². The first kappa shape index (κ1) is 20.5. The Morgan fingerprint density at radius 2 is 1.81 bits per heavy atom. The molecule has 0 radical (unpaired) electrons. The van der Waals surface area contributed by atoms with E-state index in [9.17, 15) is 14.7 Å². The van der Waals surface area contributed by atoms with Gasteiger partial charge in [0.2, 0.25) is 5.43 Å². The number of amides is 1. The molecule has 0 saturated carbocycles. The van der Waals surface area contributed by atoms with Gasteiger partial charge in [0.25, 0.3) is 5.91 Å². The first-order chi connectivity index (χ1) is 12.0. The summed E-state index contributed by atoms with van der Waals surface area (Å²) < 4.78 is 1.29. The summed E-state index contributed by atoms with van der Waals surface area (Å²) in [6.45, 7) is 2.11. The van der Waals surface area contributed by atoms with Gasteiger partial charge < -0.3 is 14.6 Å². The van der Waals surface area contributed by atoms with Crippen molar-refractivity contribution in [1.29, 1.82) is 0 Å². The van der Waals surface area contributed by atoms with Crippen LogP contribution in [0.4, 0.5) is 5.69 Å². The van der Waals surface area contributed by atoms with E-state index < -0.39 is 22.8 Å². The van der Waals surface area contributed by atoms with Crippen molar-refractivity contribution >= 4 is 34.1 Å². The zero-order valence-corrected chi connectivity index (χ0v) is 17.6. The van der Waals surface area contributed by atoms with Gasteiger partial charge in [0, 0.05) is 19.3 Å². The third-order valence-electron chi connectivity index (χ3n) is 4.17. The number of para-hydroxylation sites is 1. The molecular weight excluding hydrogens is 363 g/mol. The van der Waals surface area contributed by atoms with Crippen molar-refractivity contribution in [1.82, 2.24) is 4.57 Å². The Morgan fingerprint density at radius 1 is 1.15 bits per heavy atom. The van der Waals surface area contributed by atoms with Gasteiger partial charge >= 0.3 is 29.6 Å². The smallest absolute Gasteiger partial charge is 0.859 e. The second kappa shape index (κ2) is 8.27. The van der Waals surface area contributed by atoms with E-state index in [1.54, 1.807) is 49.4 Å². The molecule has 1 heterocycles. The number of hydrogen-bond donors (Lipinski definition) is 0. The summed E-state index contributed by atoms with van der Waals surface area (Å²) in [5.41, 5.74) is -0.00518. The van der Waals surface area contributed by atoms with Crippen molar-refractivity contribution in [3.05, 3.63) is 69.3 Å². The maximum Gasteiger partial charge on any atom is 1.00 e. The number of rotatable bonds is 3. The Hall–Kier alpha value is -1.79. The molecule has 0 atom stereocenters. The predicted molar refractivity (Wildman–Crippen MR) is 97.4 cm³/mol. The number of aromatic nitrogens is 1. The molecule has 0 N–H and O–H groups in total. The van der Waals surface area contributed by atoms with Gasteiger partial charge in [0.1, 0.15) is 0 Å². The van der Waals surface area contributed by atoms with Crippen LogP contribution >= 0.6 is 11.6 Å². The van der Waals surface area contributed by atoms with Gasteiger partial charge in [-0.1, -0.05) is 35.9 Å². The Labute approximate surface area is 178 Å². The van der Waals surface area contributed by atoms with Crippen LogP contribution in [0.15, 0.2) is 53.3 Å². The van der Waals surface area contributed by atoms with Crippen LogP contribution in [-0.2, 0) is 7.05 Å². The first-order valence-electron chi connectivity index (χ1n) is 7.82. The molecule has 3 aromatic rings. The van der Waals surface area contributed by atoms with Crippen molar-refractivity contribution < 1.29 is 39.5 Å². The molecule has 0 bridgehead atoms. The number of anilines is 1. The number of pyridine rings is 1. The number of carbonyl (C=O) groups excluding carboxylic acids is 1. The number of fused-ring (bicyclic) bond motifs is 1. The number of hydrogen-bond acceptors (Lipinski definition) is 3. The quantitative estimate of drug-likeness (QED) is 0.600. The van der Waals surface area contributed by atoms with E-state index in [1.807, 2.05) is 6.07 Å². The molecule has 3 rings (SSSR count). The number of benzene rings is 2. The Morgan fingerprint density at radius 3 is 2.42 bits per heavy atom. The van der Waals surface area contributed by atoms with Gasteiger partial charge in [-0.05, 0) is 37.1 Å². The molecule has 0 fully saturated rings. The fourth-order valence-electron chi connectivity index (χ4n) is 2.89. The summed E-state index contributed by atoms with van der Waals surface area (Å²) >= 11 is 6.15. The summed E-state index contributed by atoms with van der Waals surface area (Å²) in [6, 6.07) is 13.8. The van der Waals surface area contributed by atoms with E-state index in [-0.39, 0.29) is 40.0 Å². The molecule has 5 nitrogen and oxygen atoms in total. The van der Waals surface area contributed by atoms with Crippen molar-refractivity contribution in [2.24, 2.45) is 7.05 Å². The third kappa shape index (κ3) is 3.40. The van der Waals surface area contributed by atoms with Crippen LogP contribution in [-0.4, -0.2) is 17.0 Å². The van der Waals surface area contributed by atoms with Gasteiger partial charge in [-0.3, -0.25) is 9.59 Å². The monoisotopic (exact) mass is 378 g/mol. The van der Waals surface area contributed by atoms with E-state index in [4.69, 9.17) is 11.6 Å². The zero-order valence-electron chi connectivity index (χ0n) is 14.8. The average Bonchev–Trinajstić information content (AvgIpc) is 2.61. The van der Waals surface area contributed by atoms with Gasteiger partial charge in [-0.15, -0.1) is 0 Å². The molecular formula is C19H16ClN2NaO3. The minimum Gasteiger partial charge on any atom is -0.859 e. The van der Waals surface area contributed by atoms with Gasteiger partial charge in [-0.25, -0.2) is 0 Å². The van der Waals surface area contributed by atoms with Crippen LogP contribution < -0.4 is 45.0 Å². The minimum absolute atomic E-state index is 0. The molecule has 2 aromatic carbocycles. The summed E-state index contributed by atoms with van der Waals surface area (Å²) in [4.78, 5) is 27.3. The molecule has 128 valence electrons. The average molecular weight is 379 g/mol. The standard InChI is InChI=1S/C19H17ClN2O3.Na/c1-3-22(12-8-5-4-6-9-12)19(25)16-17(23)15-13(20)10-7-11-14(15)21(2)18(16)24;/h4-11,24H,3H2,1-2H3;/q;+1/p-1. The number of halogens is 1. The molecule has 1 amide bonds. The predicted octanol–water partition coefficient (Wildman–Crippen LogP) is -0.0638. The fraction of sp³-hybridized carbons (Fsp3) is 0.158. The molecule has 1 aromatic heterocycles. The zero-order chi connectivity index (χ0) is 18.1. The Kier molecular flexibility index (Phi) is 6.53. The Balaban J connectivity index is 0.00000243. The van der Waals surface area contributed by atoms with Crippen molar-refractivity contribution in [3.63, 3.8) is 0 Å². The van der Waals surface area contributed by atoms with Crippen LogP contribution in [0.5, 0.6) is 5.88 Å². The summed E-state index contributed by atoms with van der Waals surface area (Å²) in [6.07, 6.45) is 0. The van der Waals surface area contributed by atoms with E-state index >= 15 is 0 Å². The SMILES string of the molecule is CCN(C(=O)c1c([O-])n(C)c2cccc(Cl)c2c1=O)c1ccccc1.[Na+]. The maximum atomic E-state index is 13.0. The van der Waals surface area contributed by atoms with Crippen molar-refractivity contribution in [3.8, 4) is 5.88 Å². The summed E-state index contributed by atoms with van der Waals surface area (Å²) in [7, 11) is 1.52. The second-order valence-corrected chi connectivity index (χ2v) is 5.99. The molecule has 0 saturated heterocycles. The number of aryl methyl sites for hydroxylation is 1. The Bertz CT molecular complexity index is 1020. The fourth-order valence-corrected chi connectivity index (χ4v) is 3.15. The topological polar surface area (TPSA) is 65.4 Å². The second-order valence-electron chi connectivity index (χ2n) is 5.59. The van der Waals surface area contributed by atoms with Crippen LogP contribution in [0.3, 0.4) is 0 Å². The number of nitrogens with zero attached hydrogens (tertiary/aromatic N) is 2. The molecule has 0 aliphatic rings.